The molecule has 1 N–H and O–H groups in total. The molecule has 4 rings (SSSR count). The average molecular weight is 548 g/mol. The van der Waals surface area contributed by atoms with Crippen molar-refractivity contribution in [2.45, 2.75) is 29.7 Å². The van der Waals surface area contributed by atoms with Crippen LogP contribution in [0.15, 0.2) is 58.7 Å². The van der Waals surface area contributed by atoms with Crippen molar-refractivity contribution in [3.8, 4) is 17.2 Å². The van der Waals surface area contributed by atoms with Gasteiger partial charge < -0.3 is 14.2 Å². The SMILES string of the molecule is COc1ccc2c(c1)nc(S(=O)Cc1ncc(C)c(OC)c1C)n2S(=O)(=O)c1ccc(OCOO)cc1. The molecule has 2 heterocycles. The van der Waals surface area contributed by atoms with Gasteiger partial charge in [0.25, 0.3) is 10.0 Å². The molecule has 0 saturated carbocycles. The first-order valence-electron chi connectivity index (χ1n) is 10.9. The summed E-state index contributed by atoms with van der Waals surface area (Å²) in [6, 6.07) is 10.2. The molecule has 2 aromatic carbocycles. The van der Waals surface area contributed by atoms with E-state index < -0.39 is 27.6 Å². The number of ether oxygens (including phenoxy) is 3. The monoisotopic (exact) mass is 547 g/mol. The highest BCUT2D eigenvalue weighted by Gasteiger charge is 2.28. The largest absolute Gasteiger partial charge is 0.497 e. The molecule has 0 radical (unpaired) electrons. The van der Waals surface area contributed by atoms with Crippen LogP contribution in [0.3, 0.4) is 0 Å². The summed E-state index contributed by atoms with van der Waals surface area (Å²) < 4.78 is 58.0. The van der Waals surface area contributed by atoms with Crippen molar-refractivity contribution >= 4 is 31.9 Å². The zero-order chi connectivity index (χ0) is 26.7. The van der Waals surface area contributed by atoms with Gasteiger partial charge in [0.05, 0.1) is 52.4 Å². The minimum Gasteiger partial charge on any atom is -0.497 e. The smallest absolute Gasteiger partial charge is 0.270 e. The summed E-state index contributed by atoms with van der Waals surface area (Å²) in [6.45, 7) is 3.24. The van der Waals surface area contributed by atoms with E-state index in [1.54, 1.807) is 38.4 Å². The number of fused-ring (bicyclic) bond motifs is 1. The zero-order valence-corrected chi connectivity index (χ0v) is 22.1. The highest BCUT2D eigenvalue weighted by molar-refractivity contribution is 7.91. The normalized spacial score (nSPS) is 12.5. The van der Waals surface area contributed by atoms with E-state index in [9.17, 15) is 12.6 Å². The number of aryl methyl sites for hydroxylation is 1. The van der Waals surface area contributed by atoms with Crippen LogP contribution >= 0.6 is 0 Å². The van der Waals surface area contributed by atoms with E-state index in [1.165, 1.54) is 31.4 Å². The van der Waals surface area contributed by atoms with Crippen molar-refractivity contribution in [2.75, 3.05) is 21.0 Å². The maximum absolute atomic E-state index is 13.8. The number of benzene rings is 2. The molecule has 1 unspecified atom stereocenters. The number of pyridine rings is 1. The molecule has 0 aliphatic rings. The third-order valence-corrected chi connectivity index (χ3v) is 8.70. The van der Waals surface area contributed by atoms with Gasteiger partial charge in [-0.2, -0.15) is 4.89 Å². The minimum absolute atomic E-state index is 0.0770. The number of hydrogen-bond donors (Lipinski definition) is 1. The summed E-state index contributed by atoms with van der Waals surface area (Å²) in [5.41, 5.74) is 2.59. The molecule has 196 valence electrons. The van der Waals surface area contributed by atoms with Crippen LogP contribution < -0.4 is 14.2 Å². The Morgan fingerprint density at radius 3 is 2.38 bits per heavy atom. The lowest BCUT2D eigenvalue weighted by atomic mass is 10.1. The second-order valence-electron chi connectivity index (χ2n) is 7.92. The Labute approximate surface area is 216 Å². The Morgan fingerprint density at radius 2 is 1.73 bits per heavy atom. The second kappa shape index (κ2) is 10.8. The number of aromatic nitrogens is 3. The van der Waals surface area contributed by atoms with Crippen LogP contribution in [-0.4, -0.2) is 52.8 Å². The Balaban J connectivity index is 1.82. The van der Waals surface area contributed by atoms with Gasteiger partial charge in [0.15, 0.2) is 0 Å². The van der Waals surface area contributed by atoms with Crippen molar-refractivity contribution in [1.82, 2.24) is 13.9 Å². The molecule has 0 bridgehead atoms. The number of imidazole rings is 1. The summed E-state index contributed by atoms with van der Waals surface area (Å²) in [5, 5.41) is 8.29. The molecule has 0 amide bonds. The number of methoxy groups -OCH3 is 2. The lowest BCUT2D eigenvalue weighted by molar-refractivity contribution is -0.278. The van der Waals surface area contributed by atoms with Crippen LogP contribution in [0.1, 0.15) is 16.8 Å². The summed E-state index contributed by atoms with van der Waals surface area (Å²) in [7, 11) is -3.11. The highest BCUT2D eigenvalue weighted by Crippen LogP contribution is 2.30. The van der Waals surface area contributed by atoms with Gasteiger partial charge in [0, 0.05) is 23.4 Å². The van der Waals surface area contributed by atoms with Gasteiger partial charge in [-0.15, -0.1) is 0 Å². The van der Waals surface area contributed by atoms with Gasteiger partial charge >= 0.3 is 0 Å². The predicted octanol–water partition coefficient (Wildman–Crippen LogP) is 3.44. The number of nitrogens with zero attached hydrogens (tertiary/aromatic N) is 3. The van der Waals surface area contributed by atoms with Crippen LogP contribution in [0.5, 0.6) is 17.2 Å². The number of rotatable bonds is 10. The predicted molar refractivity (Wildman–Crippen MR) is 135 cm³/mol. The molecule has 1 atom stereocenters. The molecule has 0 saturated heterocycles. The Bertz CT molecular complexity index is 1570. The fourth-order valence-corrected chi connectivity index (χ4v) is 6.88. The lowest BCUT2D eigenvalue weighted by Gasteiger charge is -2.13. The molecule has 11 nitrogen and oxygen atoms in total. The Hall–Kier alpha value is -3.52. The van der Waals surface area contributed by atoms with Crippen LogP contribution in [0.2, 0.25) is 0 Å². The van der Waals surface area contributed by atoms with Crippen molar-refractivity contribution in [3.05, 3.63) is 65.5 Å². The van der Waals surface area contributed by atoms with Crippen LogP contribution in [0.25, 0.3) is 11.0 Å². The molecule has 37 heavy (non-hydrogen) atoms. The maximum atomic E-state index is 13.8. The van der Waals surface area contributed by atoms with E-state index >= 15 is 0 Å². The van der Waals surface area contributed by atoms with E-state index in [1.807, 2.05) is 6.92 Å². The molecule has 0 spiro atoms. The average Bonchev–Trinajstić information content (AvgIpc) is 3.29. The summed E-state index contributed by atoms with van der Waals surface area (Å²) >= 11 is 0. The van der Waals surface area contributed by atoms with Gasteiger partial charge in [-0.1, -0.05) is 0 Å². The van der Waals surface area contributed by atoms with E-state index in [0.717, 1.165) is 9.54 Å². The first kappa shape index (κ1) is 26.5. The van der Waals surface area contributed by atoms with E-state index in [-0.39, 0.29) is 27.1 Å². The maximum Gasteiger partial charge on any atom is 0.270 e. The topological polar surface area (TPSA) is 139 Å². The first-order chi connectivity index (χ1) is 17.7. The van der Waals surface area contributed by atoms with Gasteiger partial charge in [-0.3, -0.25) is 9.19 Å². The number of hydrogen-bond acceptors (Lipinski definition) is 10. The lowest BCUT2D eigenvalue weighted by Crippen LogP contribution is -2.18. The van der Waals surface area contributed by atoms with Crippen LogP contribution in [0.4, 0.5) is 0 Å². The molecule has 0 fully saturated rings. The van der Waals surface area contributed by atoms with Gasteiger partial charge in [0.2, 0.25) is 11.9 Å². The zero-order valence-electron chi connectivity index (χ0n) is 20.5. The summed E-state index contributed by atoms with van der Waals surface area (Å²) in [6.07, 6.45) is 1.62. The molecule has 0 aliphatic carbocycles. The van der Waals surface area contributed by atoms with Crippen molar-refractivity contribution < 1.29 is 37.0 Å². The first-order valence-corrected chi connectivity index (χ1v) is 13.7. The third kappa shape index (κ3) is 5.16. The Morgan fingerprint density at radius 1 is 1.03 bits per heavy atom. The summed E-state index contributed by atoms with van der Waals surface area (Å²) in [5.74, 6) is 1.31. The van der Waals surface area contributed by atoms with Gasteiger partial charge in [-0.05, 0) is 50.2 Å². The van der Waals surface area contributed by atoms with E-state index in [4.69, 9.17) is 19.5 Å². The van der Waals surface area contributed by atoms with Crippen molar-refractivity contribution in [3.63, 3.8) is 0 Å². The molecular weight excluding hydrogens is 522 g/mol. The van der Waals surface area contributed by atoms with Gasteiger partial charge in [-0.25, -0.2) is 22.6 Å². The van der Waals surface area contributed by atoms with Crippen LogP contribution in [-0.2, 0) is 31.5 Å². The van der Waals surface area contributed by atoms with Crippen molar-refractivity contribution in [2.24, 2.45) is 0 Å². The molecule has 2 aromatic heterocycles. The molecular formula is C24H25N3O8S2. The van der Waals surface area contributed by atoms with Crippen molar-refractivity contribution in [1.29, 1.82) is 0 Å². The minimum atomic E-state index is -4.24. The van der Waals surface area contributed by atoms with Crippen LogP contribution in [0, 0.1) is 13.8 Å². The molecule has 0 aliphatic heterocycles. The highest BCUT2D eigenvalue weighted by atomic mass is 32.2. The fourth-order valence-electron chi connectivity index (χ4n) is 3.83. The standard InChI is InChI=1S/C24H25N3O8S2/c1-15-12-25-21(16(2)23(15)33-4)13-36(29)24-26-20-11-18(32-3)7-10-22(20)27(24)37(30,31)19-8-5-17(6-9-19)34-14-35-28/h5-12,28H,13-14H2,1-4H3. The molecule has 4 aromatic rings. The van der Waals surface area contributed by atoms with Gasteiger partial charge in [0.1, 0.15) is 17.2 Å². The van der Waals surface area contributed by atoms with E-state index in [2.05, 4.69) is 14.9 Å². The quantitative estimate of drug-likeness (QED) is 0.178. The van der Waals surface area contributed by atoms with E-state index in [0.29, 0.717) is 28.3 Å². The molecule has 13 heteroatoms. The third-order valence-electron chi connectivity index (χ3n) is 5.65. The summed E-state index contributed by atoms with van der Waals surface area (Å²) in [4.78, 5) is 12.6. The Kier molecular flexibility index (Phi) is 7.78. The second-order valence-corrected chi connectivity index (χ2v) is 11.0. The fraction of sp³-hybridized carbons (Fsp3) is 0.250.